The molecule has 1 aliphatic rings. The van der Waals surface area contributed by atoms with Gasteiger partial charge in [-0.2, -0.15) is 0 Å². The Hall–Kier alpha value is -2.82. The topological polar surface area (TPSA) is 121 Å². The highest BCUT2D eigenvalue weighted by Crippen LogP contribution is 2.27. The standard InChI is InChI=1S/C27H38N4O5S/c1-16(2)10-22(30-24(33)14-36-17(3)4)27(35)31-13-21(32)11-23(31)26(34)28-12-19-6-8-20(9-7-19)25-18(5)29-15-37-25/h6-9,15-17,21-23,32H,10-14H2,1-5H3,(H,28,34)(H,30,33). The maximum absolute atomic E-state index is 13.4. The molecule has 0 radical (unpaired) electrons. The molecule has 0 bridgehead atoms. The zero-order valence-corrected chi connectivity index (χ0v) is 23.0. The van der Waals surface area contributed by atoms with Crippen LogP contribution in [-0.2, 0) is 25.7 Å². The third-order valence-corrected chi connectivity index (χ3v) is 7.16. The SMILES string of the molecule is Cc1ncsc1-c1ccc(CNC(=O)C2CC(O)CN2C(=O)C(CC(C)C)NC(=O)COC(C)C)cc1. The molecule has 10 heteroatoms. The zero-order chi connectivity index (χ0) is 27.1. The van der Waals surface area contributed by atoms with Crippen LogP contribution in [0.3, 0.4) is 0 Å². The van der Waals surface area contributed by atoms with Crippen molar-refractivity contribution < 1.29 is 24.2 Å². The number of likely N-dealkylation sites (tertiary alicyclic amines) is 1. The Bertz CT molecular complexity index is 1070. The molecule has 1 aromatic heterocycles. The van der Waals surface area contributed by atoms with Crippen LogP contribution in [-0.4, -0.2) is 70.2 Å². The molecule has 1 aliphatic heterocycles. The lowest BCUT2D eigenvalue weighted by Crippen LogP contribution is -2.54. The summed E-state index contributed by atoms with van der Waals surface area (Å²) in [5.41, 5.74) is 4.79. The first-order valence-corrected chi connectivity index (χ1v) is 13.6. The number of nitrogens with zero attached hydrogens (tertiary/aromatic N) is 2. The number of amides is 3. The normalized spacial score (nSPS) is 18.3. The van der Waals surface area contributed by atoms with E-state index < -0.39 is 18.2 Å². The number of hydrogen-bond acceptors (Lipinski definition) is 7. The van der Waals surface area contributed by atoms with E-state index in [1.165, 1.54) is 4.90 Å². The first kappa shape index (κ1) is 28.7. The minimum Gasteiger partial charge on any atom is -0.391 e. The molecule has 3 amide bonds. The monoisotopic (exact) mass is 530 g/mol. The van der Waals surface area contributed by atoms with Crippen molar-refractivity contribution in [2.45, 2.75) is 78.3 Å². The summed E-state index contributed by atoms with van der Waals surface area (Å²) in [5, 5.41) is 16.0. The number of ether oxygens (including phenoxy) is 1. The minimum atomic E-state index is -0.805. The summed E-state index contributed by atoms with van der Waals surface area (Å²) in [5.74, 6) is -0.945. The van der Waals surface area contributed by atoms with E-state index >= 15 is 0 Å². The Morgan fingerprint density at radius 2 is 1.89 bits per heavy atom. The van der Waals surface area contributed by atoms with E-state index in [2.05, 4.69) is 15.6 Å². The molecule has 3 N–H and O–H groups in total. The molecule has 0 aliphatic carbocycles. The minimum absolute atomic E-state index is 0.0484. The number of aryl methyl sites for hydroxylation is 1. The van der Waals surface area contributed by atoms with Crippen molar-refractivity contribution in [1.29, 1.82) is 0 Å². The van der Waals surface area contributed by atoms with Gasteiger partial charge in [0.15, 0.2) is 0 Å². The Kier molecular flexibility index (Phi) is 10.2. The van der Waals surface area contributed by atoms with Crippen LogP contribution in [0.25, 0.3) is 10.4 Å². The van der Waals surface area contributed by atoms with Gasteiger partial charge in [-0.1, -0.05) is 38.1 Å². The maximum Gasteiger partial charge on any atom is 0.246 e. The first-order chi connectivity index (χ1) is 17.5. The van der Waals surface area contributed by atoms with Gasteiger partial charge in [-0.15, -0.1) is 11.3 Å². The fraction of sp³-hybridized carbons (Fsp3) is 0.556. The van der Waals surface area contributed by atoms with Crippen molar-refractivity contribution in [2.24, 2.45) is 5.92 Å². The van der Waals surface area contributed by atoms with Crippen molar-refractivity contribution in [1.82, 2.24) is 20.5 Å². The molecule has 9 nitrogen and oxygen atoms in total. The van der Waals surface area contributed by atoms with Crippen LogP contribution >= 0.6 is 11.3 Å². The third kappa shape index (κ3) is 8.08. The summed E-state index contributed by atoms with van der Waals surface area (Å²) in [7, 11) is 0. The van der Waals surface area contributed by atoms with Gasteiger partial charge in [0.25, 0.3) is 0 Å². The summed E-state index contributed by atoms with van der Waals surface area (Å²) in [6.45, 7) is 9.75. The number of nitrogens with one attached hydrogen (secondary N) is 2. The second kappa shape index (κ2) is 13.1. The molecule has 0 spiro atoms. The molecule has 0 saturated carbocycles. The highest BCUT2D eigenvalue weighted by Gasteiger charge is 2.41. The fourth-order valence-electron chi connectivity index (χ4n) is 4.34. The van der Waals surface area contributed by atoms with Gasteiger partial charge in [-0.25, -0.2) is 4.98 Å². The number of aliphatic hydroxyl groups excluding tert-OH is 1. The van der Waals surface area contributed by atoms with Crippen molar-refractivity contribution >= 4 is 29.1 Å². The Morgan fingerprint density at radius 3 is 2.49 bits per heavy atom. The number of carbonyl (C=O) groups is 3. The maximum atomic E-state index is 13.4. The van der Waals surface area contributed by atoms with Crippen molar-refractivity contribution in [3.63, 3.8) is 0 Å². The van der Waals surface area contributed by atoms with Gasteiger partial charge in [0.2, 0.25) is 17.7 Å². The van der Waals surface area contributed by atoms with E-state index in [0.29, 0.717) is 13.0 Å². The highest BCUT2D eigenvalue weighted by atomic mass is 32.1. The summed E-state index contributed by atoms with van der Waals surface area (Å²) < 4.78 is 5.36. The van der Waals surface area contributed by atoms with Crippen LogP contribution in [0.15, 0.2) is 29.8 Å². The van der Waals surface area contributed by atoms with E-state index in [4.69, 9.17) is 4.74 Å². The van der Waals surface area contributed by atoms with Gasteiger partial charge < -0.3 is 25.4 Å². The largest absolute Gasteiger partial charge is 0.391 e. The van der Waals surface area contributed by atoms with Gasteiger partial charge in [-0.3, -0.25) is 14.4 Å². The number of aliphatic hydroxyl groups is 1. The van der Waals surface area contributed by atoms with Gasteiger partial charge in [0, 0.05) is 19.5 Å². The first-order valence-electron chi connectivity index (χ1n) is 12.7. The summed E-state index contributed by atoms with van der Waals surface area (Å²) in [6, 6.07) is 6.30. The van der Waals surface area contributed by atoms with E-state index in [-0.39, 0.29) is 49.3 Å². The Morgan fingerprint density at radius 1 is 1.19 bits per heavy atom. The summed E-state index contributed by atoms with van der Waals surface area (Å²) >= 11 is 1.58. The quantitative estimate of drug-likeness (QED) is 0.411. The predicted octanol–water partition coefficient (Wildman–Crippen LogP) is 2.65. The molecule has 37 heavy (non-hydrogen) atoms. The van der Waals surface area contributed by atoms with E-state index in [0.717, 1.165) is 21.7 Å². The van der Waals surface area contributed by atoms with Crippen molar-refractivity contribution in [3.05, 3.63) is 41.0 Å². The predicted molar refractivity (Wildman–Crippen MR) is 143 cm³/mol. The molecule has 2 heterocycles. The molecule has 1 saturated heterocycles. The van der Waals surface area contributed by atoms with Crippen molar-refractivity contribution in [2.75, 3.05) is 13.2 Å². The zero-order valence-electron chi connectivity index (χ0n) is 22.2. The number of hydrogen-bond donors (Lipinski definition) is 3. The van der Waals surface area contributed by atoms with Crippen LogP contribution in [0, 0.1) is 12.8 Å². The number of aromatic nitrogens is 1. The second-order valence-electron chi connectivity index (χ2n) is 10.2. The highest BCUT2D eigenvalue weighted by molar-refractivity contribution is 7.13. The summed E-state index contributed by atoms with van der Waals surface area (Å²) in [6.07, 6.45) is -0.347. The van der Waals surface area contributed by atoms with Crippen LogP contribution in [0.2, 0.25) is 0 Å². The number of thiazole rings is 1. The van der Waals surface area contributed by atoms with E-state index in [1.54, 1.807) is 11.3 Å². The average Bonchev–Trinajstić information content (AvgIpc) is 3.45. The molecular weight excluding hydrogens is 492 g/mol. The lowest BCUT2D eigenvalue weighted by molar-refractivity contribution is -0.142. The Balaban J connectivity index is 1.63. The molecule has 1 aromatic carbocycles. The smallest absolute Gasteiger partial charge is 0.246 e. The van der Waals surface area contributed by atoms with E-state index in [1.807, 2.05) is 64.4 Å². The van der Waals surface area contributed by atoms with Crippen molar-refractivity contribution in [3.8, 4) is 10.4 Å². The fourth-order valence-corrected chi connectivity index (χ4v) is 5.15. The molecule has 202 valence electrons. The van der Waals surface area contributed by atoms with Gasteiger partial charge >= 0.3 is 0 Å². The van der Waals surface area contributed by atoms with Crippen LogP contribution in [0.4, 0.5) is 0 Å². The number of benzene rings is 1. The summed E-state index contributed by atoms with van der Waals surface area (Å²) in [4.78, 5) is 45.7. The van der Waals surface area contributed by atoms with Crippen LogP contribution in [0.5, 0.6) is 0 Å². The van der Waals surface area contributed by atoms with Gasteiger partial charge in [0.1, 0.15) is 18.7 Å². The third-order valence-electron chi connectivity index (χ3n) is 6.18. The van der Waals surface area contributed by atoms with Gasteiger partial charge in [-0.05, 0) is 44.2 Å². The van der Waals surface area contributed by atoms with E-state index in [9.17, 15) is 19.5 Å². The number of β-amino-alcohol motifs (C(OH)–C–C–N with tert-alkyl or cyclic N) is 1. The molecule has 1 fully saturated rings. The number of rotatable bonds is 11. The Labute approximate surface area is 222 Å². The number of carbonyl (C=O) groups excluding carboxylic acids is 3. The van der Waals surface area contributed by atoms with Crippen LogP contribution in [0.1, 0.15) is 51.8 Å². The molecule has 2 aromatic rings. The molecule has 3 rings (SSSR count). The lowest BCUT2D eigenvalue weighted by atomic mass is 10.0. The molecule has 3 unspecified atom stereocenters. The second-order valence-corrected chi connectivity index (χ2v) is 11.0. The average molecular weight is 531 g/mol. The van der Waals surface area contributed by atoms with Gasteiger partial charge in [0.05, 0.1) is 28.3 Å². The lowest BCUT2D eigenvalue weighted by Gasteiger charge is -2.29. The molecule has 3 atom stereocenters. The van der Waals surface area contributed by atoms with Crippen LogP contribution < -0.4 is 10.6 Å². The molecular formula is C27H38N4O5S.